The third-order valence-corrected chi connectivity index (χ3v) is 1.60. The summed E-state index contributed by atoms with van der Waals surface area (Å²) >= 11 is 4.66. The minimum Gasteiger partial charge on any atom is -0.392 e. The maximum absolute atomic E-state index is 11.3. The number of carbonyl (C=O) groups excluding carboxylic acids is 1. The van der Waals surface area contributed by atoms with Crippen molar-refractivity contribution in [2.45, 2.75) is 13.0 Å². The Morgan fingerprint density at radius 2 is 2.25 bits per heavy atom. The van der Waals surface area contributed by atoms with Crippen molar-refractivity contribution in [2.75, 3.05) is 20.7 Å². The molecule has 0 saturated carbocycles. The molecule has 0 aliphatic carbocycles. The van der Waals surface area contributed by atoms with Crippen molar-refractivity contribution in [3.05, 3.63) is 0 Å². The molecule has 0 heterocycles. The zero-order valence-electron chi connectivity index (χ0n) is 7.53. The van der Waals surface area contributed by atoms with Gasteiger partial charge in [-0.3, -0.25) is 4.79 Å². The van der Waals surface area contributed by atoms with Crippen LogP contribution in [0.3, 0.4) is 0 Å². The quantitative estimate of drug-likeness (QED) is 0.622. The van der Waals surface area contributed by atoms with Gasteiger partial charge in [0.1, 0.15) is 6.10 Å². The van der Waals surface area contributed by atoms with E-state index in [1.807, 2.05) is 0 Å². The summed E-state index contributed by atoms with van der Waals surface area (Å²) in [5.74, 6) is -0.120. The molecule has 0 aliphatic rings. The highest BCUT2D eigenvalue weighted by atomic mass is 32.1. The van der Waals surface area contributed by atoms with E-state index >= 15 is 0 Å². The number of likely N-dealkylation sites (N-methyl/N-ethyl adjacent to an activating group) is 1. The lowest BCUT2D eigenvalue weighted by atomic mass is 10.3. The van der Waals surface area contributed by atoms with Crippen molar-refractivity contribution < 1.29 is 9.53 Å². The fraction of sp³-hybridized carbons (Fsp3) is 0.714. The molecule has 2 N–H and O–H groups in total. The largest absolute Gasteiger partial charge is 0.392 e. The van der Waals surface area contributed by atoms with Crippen molar-refractivity contribution in [3.8, 4) is 0 Å². The molecule has 0 spiro atoms. The maximum Gasteiger partial charge on any atom is 0.251 e. The number of hydrogen-bond donors (Lipinski definition) is 1. The molecule has 0 rings (SSSR count). The maximum atomic E-state index is 11.3. The fourth-order valence-corrected chi connectivity index (χ4v) is 0.916. The van der Waals surface area contributed by atoms with E-state index < -0.39 is 6.10 Å². The monoisotopic (exact) mass is 190 g/mol. The lowest BCUT2D eigenvalue weighted by molar-refractivity contribution is -0.138. The van der Waals surface area contributed by atoms with E-state index in [0.29, 0.717) is 11.5 Å². The molecular formula is C7H14N2O2S. The highest BCUT2D eigenvalue weighted by Crippen LogP contribution is 1.94. The molecular weight excluding hydrogens is 176 g/mol. The standard InChI is InChI=1S/C7H14N2O2S/c1-5(11-3)7(10)9(2)4-6(8)12/h5H,4H2,1-3H3,(H2,8,12). The lowest BCUT2D eigenvalue weighted by Crippen LogP contribution is -2.40. The molecule has 0 radical (unpaired) electrons. The van der Waals surface area contributed by atoms with Gasteiger partial charge >= 0.3 is 0 Å². The Morgan fingerprint density at radius 3 is 2.58 bits per heavy atom. The minimum atomic E-state index is -0.440. The van der Waals surface area contributed by atoms with Crippen LogP contribution in [0.4, 0.5) is 0 Å². The van der Waals surface area contributed by atoms with E-state index in [1.54, 1.807) is 14.0 Å². The van der Waals surface area contributed by atoms with Gasteiger partial charge in [0.05, 0.1) is 11.5 Å². The highest BCUT2D eigenvalue weighted by molar-refractivity contribution is 7.80. The Bertz CT molecular complexity index is 184. The number of carbonyl (C=O) groups is 1. The summed E-state index contributed by atoms with van der Waals surface area (Å²) in [5, 5.41) is 0. The molecule has 12 heavy (non-hydrogen) atoms. The number of ether oxygens (including phenoxy) is 1. The van der Waals surface area contributed by atoms with Gasteiger partial charge in [-0.25, -0.2) is 0 Å². The van der Waals surface area contributed by atoms with E-state index in [1.165, 1.54) is 12.0 Å². The lowest BCUT2D eigenvalue weighted by Gasteiger charge is -2.19. The van der Waals surface area contributed by atoms with E-state index in [2.05, 4.69) is 12.2 Å². The average Bonchev–Trinajstić information content (AvgIpc) is 2.00. The van der Waals surface area contributed by atoms with Gasteiger partial charge in [-0.15, -0.1) is 0 Å². The summed E-state index contributed by atoms with van der Waals surface area (Å²) in [5.41, 5.74) is 5.27. The molecule has 0 aromatic rings. The first-order chi connectivity index (χ1) is 5.49. The summed E-state index contributed by atoms with van der Waals surface area (Å²) in [6.45, 7) is 1.97. The molecule has 0 aromatic heterocycles. The summed E-state index contributed by atoms with van der Waals surface area (Å²) in [4.78, 5) is 13.0. The molecule has 5 heteroatoms. The average molecular weight is 190 g/mol. The second kappa shape index (κ2) is 5.05. The fourth-order valence-electron chi connectivity index (χ4n) is 0.723. The molecule has 0 saturated heterocycles. The van der Waals surface area contributed by atoms with Crippen molar-refractivity contribution >= 4 is 23.1 Å². The molecule has 1 atom stereocenters. The summed E-state index contributed by atoms with van der Waals surface area (Å²) in [6.07, 6.45) is -0.440. The number of methoxy groups -OCH3 is 1. The number of hydrogen-bond acceptors (Lipinski definition) is 3. The Hall–Kier alpha value is -0.680. The predicted octanol–water partition coefficient (Wildman–Crippen LogP) is -0.234. The van der Waals surface area contributed by atoms with Gasteiger partial charge in [0.2, 0.25) is 0 Å². The van der Waals surface area contributed by atoms with Gasteiger partial charge in [0, 0.05) is 14.2 Å². The van der Waals surface area contributed by atoms with Crippen LogP contribution in [-0.4, -0.2) is 42.6 Å². The number of amides is 1. The van der Waals surface area contributed by atoms with Crippen LogP contribution in [0.5, 0.6) is 0 Å². The van der Waals surface area contributed by atoms with Crippen LogP contribution < -0.4 is 5.73 Å². The smallest absolute Gasteiger partial charge is 0.251 e. The first-order valence-electron chi connectivity index (χ1n) is 3.55. The second-order valence-electron chi connectivity index (χ2n) is 2.54. The van der Waals surface area contributed by atoms with Gasteiger partial charge in [-0.05, 0) is 6.92 Å². The van der Waals surface area contributed by atoms with Crippen molar-refractivity contribution in [1.29, 1.82) is 0 Å². The summed E-state index contributed by atoms with van der Waals surface area (Å²) in [7, 11) is 3.12. The third-order valence-electron chi connectivity index (χ3n) is 1.47. The zero-order valence-corrected chi connectivity index (χ0v) is 8.35. The Kier molecular flexibility index (Phi) is 4.77. The van der Waals surface area contributed by atoms with E-state index in [4.69, 9.17) is 10.5 Å². The van der Waals surface area contributed by atoms with Crippen molar-refractivity contribution in [3.63, 3.8) is 0 Å². The molecule has 1 amide bonds. The SMILES string of the molecule is COC(C)C(=O)N(C)CC(N)=S. The van der Waals surface area contributed by atoms with E-state index in [9.17, 15) is 4.79 Å². The first-order valence-corrected chi connectivity index (χ1v) is 3.96. The van der Waals surface area contributed by atoms with Crippen LogP contribution in [0.1, 0.15) is 6.92 Å². The van der Waals surface area contributed by atoms with Gasteiger partial charge in [-0.2, -0.15) is 0 Å². The third kappa shape index (κ3) is 3.64. The first kappa shape index (κ1) is 11.3. The molecule has 0 bridgehead atoms. The number of nitrogens with two attached hydrogens (primary N) is 1. The van der Waals surface area contributed by atoms with Crippen LogP contribution in [-0.2, 0) is 9.53 Å². The van der Waals surface area contributed by atoms with Crippen molar-refractivity contribution in [2.24, 2.45) is 5.73 Å². The summed E-state index contributed by atoms with van der Waals surface area (Å²) in [6, 6.07) is 0. The Balaban J connectivity index is 4.01. The number of rotatable bonds is 4. The molecule has 4 nitrogen and oxygen atoms in total. The van der Waals surface area contributed by atoms with Crippen LogP contribution in [0.2, 0.25) is 0 Å². The Labute approximate surface area is 77.7 Å². The second-order valence-corrected chi connectivity index (χ2v) is 3.06. The van der Waals surface area contributed by atoms with Crippen LogP contribution in [0, 0.1) is 0 Å². The molecule has 0 aliphatic heterocycles. The number of thiocarbonyl (C=S) groups is 1. The van der Waals surface area contributed by atoms with E-state index in [-0.39, 0.29) is 5.91 Å². The predicted molar refractivity (Wildman–Crippen MR) is 50.9 cm³/mol. The minimum absolute atomic E-state index is 0.120. The topological polar surface area (TPSA) is 55.6 Å². The molecule has 0 fully saturated rings. The zero-order chi connectivity index (χ0) is 9.72. The van der Waals surface area contributed by atoms with Gasteiger partial charge in [0.25, 0.3) is 5.91 Å². The summed E-state index contributed by atoms with van der Waals surface area (Å²) < 4.78 is 4.84. The van der Waals surface area contributed by atoms with Crippen molar-refractivity contribution in [1.82, 2.24) is 4.90 Å². The molecule has 1 unspecified atom stereocenters. The van der Waals surface area contributed by atoms with Crippen LogP contribution >= 0.6 is 12.2 Å². The van der Waals surface area contributed by atoms with Gasteiger partial charge < -0.3 is 15.4 Å². The van der Waals surface area contributed by atoms with Crippen LogP contribution in [0.25, 0.3) is 0 Å². The molecule has 0 aromatic carbocycles. The number of nitrogens with zero attached hydrogens (tertiary/aromatic N) is 1. The van der Waals surface area contributed by atoms with E-state index in [0.717, 1.165) is 0 Å². The molecule has 70 valence electrons. The normalized spacial score (nSPS) is 12.2. The van der Waals surface area contributed by atoms with Gasteiger partial charge in [0.15, 0.2) is 0 Å². The van der Waals surface area contributed by atoms with Gasteiger partial charge in [-0.1, -0.05) is 12.2 Å². The Morgan fingerprint density at radius 1 is 1.75 bits per heavy atom. The van der Waals surface area contributed by atoms with Crippen LogP contribution in [0.15, 0.2) is 0 Å². The highest BCUT2D eigenvalue weighted by Gasteiger charge is 2.16.